The Morgan fingerprint density at radius 2 is 1.95 bits per heavy atom. The average molecular weight is 349 g/mol. The predicted molar refractivity (Wildman–Crippen MR) is 86.6 cm³/mol. The summed E-state index contributed by atoms with van der Waals surface area (Å²) in [5.41, 5.74) is 1.25. The first-order valence-electron chi connectivity index (χ1n) is 6.67. The van der Waals surface area contributed by atoms with Gasteiger partial charge in [-0.15, -0.1) is 0 Å². The first-order valence-corrected chi connectivity index (χ1v) is 7.46. The number of carbonyl (C=O) groups is 1. The molecule has 1 aromatic heterocycles. The van der Waals surface area contributed by atoms with Crippen LogP contribution >= 0.6 is 15.9 Å². The Hall–Kier alpha value is -1.95. The third kappa shape index (κ3) is 4.82. The lowest BCUT2D eigenvalue weighted by Gasteiger charge is -2.09. The molecule has 2 N–H and O–H groups in total. The van der Waals surface area contributed by atoms with Crippen LogP contribution in [0.4, 0.5) is 11.5 Å². The molecule has 1 heterocycles. The Bertz CT molecular complexity index is 613. The molecule has 0 saturated carbocycles. The van der Waals surface area contributed by atoms with Gasteiger partial charge in [0, 0.05) is 22.8 Å². The monoisotopic (exact) mass is 348 g/mol. The third-order valence-electron chi connectivity index (χ3n) is 2.69. The largest absolute Gasteiger partial charge is 0.350 e. The summed E-state index contributed by atoms with van der Waals surface area (Å²) in [5.74, 6) is 0.795. The Morgan fingerprint density at radius 3 is 2.62 bits per heavy atom. The number of benzene rings is 1. The highest BCUT2D eigenvalue weighted by molar-refractivity contribution is 9.10. The topological polar surface area (TPSA) is 66.9 Å². The molecule has 0 radical (unpaired) electrons. The zero-order valence-electron chi connectivity index (χ0n) is 11.9. The molecule has 0 bridgehead atoms. The van der Waals surface area contributed by atoms with Crippen LogP contribution in [-0.2, 0) is 0 Å². The van der Waals surface area contributed by atoms with Gasteiger partial charge in [0.15, 0.2) is 0 Å². The number of rotatable bonds is 5. The minimum absolute atomic E-state index is 0.190. The molecular formula is C15H17BrN4O. The van der Waals surface area contributed by atoms with E-state index in [9.17, 15) is 4.79 Å². The highest BCUT2D eigenvalue weighted by Crippen LogP contribution is 2.17. The number of aromatic nitrogens is 2. The van der Waals surface area contributed by atoms with E-state index in [-0.39, 0.29) is 5.91 Å². The van der Waals surface area contributed by atoms with Crippen molar-refractivity contribution in [3.8, 4) is 0 Å². The van der Waals surface area contributed by atoms with Crippen LogP contribution in [0.15, 0.2) is 41.1 Å². The van der Waals surface area contributed by atoms with Gasteiger partial charge >= 0.3 is 0 Å². The van der Waals surface area contributed by atoms with Gasteiger partial charge in [0.1, 0.15) is 17.8 Å². The van der Waals surface area contributed by atoms with Crippen molar-refractivity contribution in [1.82, 2.24) is 15.3 Å². The molecule has 2 rings (SSSR count). The quantitative estimate of drug-likeness (QED) is 0.869. The van der Waals surface area contributed by atoms with Crippen LogP contribution in [0, 0.1) is 5.92 Å². The van der Waals surface area contributed by atoms with Crippen LogP contribution in [-0.4, -0.2) is 22.4 Å². The Labute approximate surface area is 132 Å². The Balaban J connectivity index is 2.06. The molecule has 0 spiro atoms. The van der Waals surface area contributed by atoms with Crippen molar-refractivity contribution in [3.05, 3.63) is 46.8 Å². The molecule has 21 heavy (non-hydrogen) atoms. The lowest BCUT2D eigenvalue weighted by atomic mass is 10.2. The summed E-state index contributed by atoms with van der Waals surface area (Å²) in [6.07, 6.45) is 1.38. The van der Waals surface area contributed by atoms with E-state index in [1.165, 1.54) is 6.33 Å². The second-order valence-corrected chi connectivity index (χ2v) is 5.94. The first kappa shape index (κ1) is 15.4. The molecular weight excluding hydrogens is 332 g/mol. The van der Waals surface area contributed by atoms with Gasteiger partial charge in [-0.25, -0.2) is 9.97 Å². The number of amides is 1. The maximum atomic E-state index is 12.0. The number of anilines is 2. The SMILES string of the molecule is CC(C)CNC(=O)c1cc(Nc2ccc(Br)cc2)ncn1. The summed E-state index contributed by atoms with van der Waals surface area (Å²) < 4.78 is 1.00. The van der Waals surface area contributed by atoms with Crippen LogP contribution in [0.1, 0.15) is 24.3 Å². The highest BCUT2D eigenvalue weighted by Gasteiger charge is 2.09. The van der Waals surface area contributed by atoms with E-state index in [2.05, 4.69) is 36.5 Å². The van der Waals surface area contributed by atoms with Gasteiger partial charge in [0.25, 0.3) is 5.91 Å². The molecule has 0 fully saturated rings. The maximum Gasteiger partial charge on any atom is 0.270 e. The number of halogens is 1. The summed E-state index contributed by atoms with van der Waals surface area (Å²) in [6.45, 7) is 4.71. The summed E-state index contributed by atoms with van der Waals surface area (Å²) in [6, 6.07) is 9.34. The average Bonchev–Trinajstić information content (AvgIpc) is 2.47. The molecule has 2 aromatic rings. The lowest BCUT2D eigenvalue weighted by Crippen LogP contribution is -2.28. The maximum absolute atomic E-state index is 12.0. The van der Waals surface area contributed by atoms with Gasteiger partial charge in [-0.3, -0.25) is 4.79 Å². The predicted octanol–water partition coefficient (Wildman–Crippen LogP) is 3.37. The molecule has 6 heteroatoms. The number of hydrogen-bond donors (Lipinski definition) is 2. The highest BCUT2D eigenvalue weighted by atomic mass is 79.9. The Morgan fingerprint density at radius 1 is 1.24 bits per heavy atom. The van der Waals surface area contributed by atoms with Crippen LogP contribution in [0.2, 0.25) is 0 Å². The van der Waals surface area contributed by atoms with Crippen molar-refractivity contribution in [3.63, 3.8) is 0 Å². The first-order chi connectivity index (χ1) is 10.0. The van der Waals surface area contributed by atoms with Gasteiger partial charge < -0.3 is 10.6 Å². The molecule has 0 aliphatic carbocycles. The third-order valence-corrected chi connectivity index (χ3v) is 3.22. The minimum atomic E-state index is -0.190. The van der Waals surface area contributed by atoms with Crippen molar-refractivity contribution >= 4 is 33.3 Å². The number of nitrogens with zero attached hydrogens (tertiary/aromatic N) is 2. The molecule has 0 atom stereocenters. The fourth-order valence-corrected chi connectivity index (χ4v) is 1.88. The normalized spacial score (nSPS) is 10.5. The van der Waals surface area contributed by atoms with Crippen LogP contribution in [0.25, 0.3) is 0 Å². The van der Waals surface area contributed by atoms with E-state index >= 15 is 0 Å². The van der Waals surface area contributed by atoms with Gasteiger partial charge in [-0.2, -0.15) is 0 Å². The standard InChI is InChI=1S/C15H17BrN4O/c1-10(2)8-17-15(21)13-7-14(19-9-18-13)20-12-5-3-11(16)4-6-12/h3-7,9-10H,8H2,1-2H3,(H,17,21)(H,18,19,20). The van der Waals surface area contributed by atoms with Crippen molar-refractivity contribution in [2.24, 2.45) is 5.92 Å². The van der Waals surface area contributed by atoms with Gasteiger partial charge in [-0.1, -0.05) is 29.8 Å². The van der Waals surface area contributed by atoms with E-state index in [4.69, 9.17) is 0 Å². The van der Waals surface area contributed by atoms with Crippen molar-refractivity contribution in [2.45, 2.75) is 13.8 Å². The molecule has 1 aromatic carbocycles. The molecule has 0 aliphatic rings. The molecule has 5 nitrogen and oxygen atoms in total. The van der Waals surface area contributed by atoms with Crippen molar-refractivity contribution < 1.29 is 4.79 Å². The summed E-state index contributed by atoms with van der Waals surface area (Å²) in [4.78, 5) is 20.1. The summed E-state index contributed by atoms with van der Waals surface area (Å²) >= 11 is 3.38. The van der Waals surface area contributed by atoms with E-state index in [1.54, 1.807) is 6.07 Å². The molecule has 0 saturated heterocycles. The van der Waals surface area contributed by atoms with E-state index in [0.717, 1.165) is 10.2 Å². The zero-order valence-corrected chi connectivity index (χ0v) is 13.5. The van der Waals surface area contributed by atoms with Gasteiger partial charge in [-0.05, 0) is 30.2 Å². The van der Waals surface area contributed by atoms with Crippen molar-refractivity contribution in [2.75, 3.05) is 11.9 Å². The van der Waals surface area contributed by atoms with Crippen LogP contribution < -0.4 is 10.6 Å². The van der Waals surface area contributed by atoms with E-state index in [1.807, 2.05) is 38.1 Å². The fourth-order valence-electron chi connectivity index (χ4n) is 1.62. The summed E-state index contributed by atoms with van der Waals surface area (Å²) in [5, 5.41) is 5.97. The molecule has 1 amide bonds. The fraction of sp³-hybridized carbons (Fsp3) is 0.267. The number of carbonyl (C=O) groups excluding carboxylic acids is 1. The minimum Gasteiger partial charge on any atom is -0.350 e. The number of hydrogen-bond acceptors (Lipinski definition) is 4. The zero-order chi connectivity index (χ0) is 15.2. The van der Waals surface area contributed by atoms with E-state index < -0.39 is 0 Å². The second kappa shape index (κ2) is 7.17. The number of nitrogens with one attached hydrogen (secondary N) is 2. The smallest absolute Gasteiger partial charge is 0.270 e. The lowest BCUT2D eigenvalue weighted by molar-refractivity contribution is 0.0944. The molecule has 0 unspecified atom stereocenters. The molecule has 110 valence electrons. The Kier molecular flexibility index (Phi) is 5.27. The van der Waals surface area contributed by atoms with Gasteiger partial charge in [0.05, 0.1) is 0 Å². The van der Waals surface area contributed by atoms with Crippen LogP contribution in [0.5, 0.6) is 0 Å². The van der Waals surface area contributed by atoms with Crippen molar-refractivity contribution in [1.29, 1.82) is 0 Å². The second-order valence-electron chi connectivity index (χ2n) is 5.02. The van der Waals surface area contributed by atoms with Crippen LogP contribution in [0.3, 0.4) is 0 Å². The molecule has 0 aliphatic heterocycles. The van der Waals surface area contributed by atoms with Gasteiger partial charge in [0.2, 0.25) is 0 Å². The van der Waals surface area contributed by atoms with E-state index in [0.29, 0.717) is 24.0 Å². The summed E-state index contributed by atoms with van der Waals surface area (Å²) in [7, 11) is 0.